The highest BCUT2D eigenvalue weighted by Gasteiger charge is 2.56. The summed E-state index contributed by atoms with van der Waals surface area (Å²) >= 11 is 3.63. The molecule has 0 bridgehead atoms. The fraction of sp³-hybridized carbons (Fsp3) is 1.00. The first-order valence-corrected chi connectivity index (χ1v) is 6.09. The van der Waals surface area contributed by atoms with E-state index in [9.17, 15) is 0 Å². The van der Waals surface area contributed by atoms with Crippen LogP contribution in [0.15, 0.2) is 0 Å². The summed E-state index contributed by atoms with van der Waals surface area (Å²) in [4.78, 5) is 0. The van der Waals surface area contributed by atoms with Crippen LogP contribution in [0.25, 0.3) is 0 Å². The van der Waals surface area contributed by atoms with Crippen molar-refractivity contribution in [3.63, 3.8) is 0 Å². The van der Waals surface area contributed by atoms with Crippen molar-refractivity contribution < 1.29 is 4.74 Å². The molecule has 0 spiro atoms. The lowest BCUT2D eigenvalue weighted by atomic mass is 9.93. The topological polar surface area (TPSA) is 9.23 Å². The molecule has 0 aromatic carbocycles. The summed E-state index contributed by atoms with van der Waals surface area (Å²) in [5, 5.41) is 1.13. The minimum absolute atomic E-state index is 0.514. The number of halogens is 1. The predicted molar refractivity (Wildman–Crippen MR) is 53.6 cm³/mol. The van der Waals surface area contributed by atoms with Crippen LogP contribution in [0.4, 0.5) is 0 Å². The van der Waals surface area contributed by atoms with E-state index in [1.54, 1.807) is 0 Å². The van der Waals surface area contributed by atoms with E-state index in [-0.39, 0.29) is 0 Å². The van der Waals surface area contributed by atoms with Crippen LogP contribution in [0, 0.1) is 11.3 Å². The quantitative estimate of drug-likeness (QED) is 0.666. The summed E-state index contributed by atoms with van der Waals surface area (Å²) in [5.74, 6) is 0.875. The molecule has 0 amide bonds. The first-order valence-electron chi connectivity index (χ1n) is 4.97. The molecule has 1 saturated heterocycles. The fourth-order valence-corrected chi connectivity index (χ4v) is 3.57. The maximum atomic E-state index is 5.84. The zero-order valence-electron chi connectivity index (χ0n) is 7.68. The molecule has 3 atom stereocenters. The monoisotopic (exact) mass is 232 g/mol. The summed E-state index contributed by atoms with van der Waals surface area (Å²) < 4.78 is 5.84. The molecule has 2 heteroatoms. The van der Waals surface area contributed by atoms with Crippen molar-refractivity contribution in [3.8, 4) is 0 Å². The molecule has 70 valence electrons. The Balaban J connectivity index is 1.97. The van der Waals surface area contributed by atoms with Gasteiger partial charge in [0.2, 0.25) is 0 Å². The summed E-state index contributed by atoms with van der Waals surface area (Å²) in [6, 6.07) is 0. The Morgan fingerprint density at radius 1 is 1.50 bits per heavy atom. The van der Waals surface area contributed by atoms with Gasteiger partial charge in [0.25, 0.3) is 0 Å². The smallest absolute Gasteiger partial charge is 0.0642 e. The Morgan fingerprint density at radius 3 is 2.67 bits per heavy atom. The highest BCUT2D eigenvalue weighted by Crippen LogP contribution is 2.58. The number of hydrogen-bond donors (Lipinski definition) is 0. The molecule has 0 N–H and O–H groups in total. The van der Waals surface area contributed by atoms with E-state index >= 15 is 0 Å². The average Bonchev–Trinajstić information content (AvgIpc) is 2.80. The van der Waals surface area contributed by atoms with Crippen LogP contribution < -0.4 is 0 Å². The van der Waals surface area contributed by atoms with Crippen molar-refractivity contribution in [3.05, 3.63) is 0 Å². The highest BCUT2D eigenvalue weighted by molar-refractivity contribution is 9.09. The van der Waals surface area contributed by atoms with Gasteiger partial charge in [-0.05, 0) is 31.6 Å². The Kier molecular flexibility index (Phi) is 2.48. The first kappa shape index (κ1) is 9.01. The normalized spacial score (nSPS) is 47.5. The molecule has 1 heterocycles. The van der Waals surface area contributed by atoms with Gasteiger partial charge in [-0.2, -0.15) is 0 Å². The van der Waals surface area contributed by atoms with Gasteiger partial charge in [-0.1, -0.05) is 22.9 Å². The lowest BCUT2D eigenvalue weighted by molar-refractivity contribution is -0.0274. The van der Waals surface area contributed by atoms with Gasteiger partial charge in [0.15, 0.2) is 0 Å². The van der Waals surface area contributed by atoms with E-state index in [2.05, 4.69) is 22.9 Å². The van der Waals surface area contributed by atoms with Crippen molar-refractivity contribution in [1.82, 2.24) is 0 Å². The second-order valence-corrected chi connectivity index (χ2v) is 4.89. The first-order chi connectivity index (χ1) is 5.79. The van der Waals surface area contributed by atoms with Crippen LogP contribution >= 0.6 is 15.9 Å². The number of rotatable bonds is 2. The predicted octanol–water partition coefficient (Wildman–Crippen LogP) is 2.98. The Labute approximate surface area is 83.0 Å². The van der Waals surface area contributed by atoms with Gasteiger partial charge in [0.05, 0.1) is 6.10 Å². The molecule has 1 aliphatic heterocycles. The van der Waals surface area contributed by atoms with Crippen LogP contribution in [0.2, 0.25) is 0 Å². The largest absolute Gasteiger partial charge is 0.378 e. The molecule has 2 aliphatic rings. The third-order valence-electron chi connectivity index (χ3n) is 3.58. The van der Waals surface area contributed by atoms with E-state index in [1.807, 2.05) is 0 Å². The molecule has 2 fully saturated rings. The highest BCUT2D eigenvalue weighted by atomic mass is 79.9. The summed E-state index contributed by atoms with van der Waals surface area (Å²) in [6.07, 6.45) is 5.84. The van der Waals surface area contributed by atoms with E-state index in [0.29, 0.717) is 11.5 Å². The molecule has 0 aromatic rings. The molecule has 0 radical (unpaired) electrons. The van der Waals surface area contributed by atoms with Crippen LogP contribution in [-0.2, 0) is 4.74 Å². The third kappa shape index (κ3) is 1.33. The van der Waals surface area contributed by atoms with Gasteiger partial charge in [-0.3, -0.25) is 0 Å². The number of hydrogen-bond acceptors (Lipinski definition) is 1. The number of alkyl halides is 1. The van der Waals surface area contributed by atoms with E-state index < -0.39 is 0 Å². The van der Waals surface area contributed by atoms with Gasteiger partial charge < -0.3 is 4.74 Å². The van der Waals surface area contributed by atoms with Crippen molar-refractivity contribution in [1.29, 1.82) is 0 Å². The zero-order chi connectivity index (χ0) is 8.60. The maximum Gasteiger partial charge on any atom is 0.0642 e. The molecular formula is C10H17BrO. The van der Waals surface area contributed by atoms with Crippen LogP contribution in [0.1, 0.15) is 32.6 Å². The van der Waals surface area contributed by atoms with Crippen molar-refractivity contribution in [2.45, 2.75) is 38.7 Å². The Hall–Kier alpha value is 0.440. The van der Waals surface area contributed by atoms with Crippen molar-refractivity contribution >= 4 is 15.9 Å². The fourth-order valence-electron chi connectivity index (χ4n) is 2.43. The van der Waals surface area contributed by atoms with Gasteiger partial charge in [0, 0.05) is 17.4 Å². The second kappa shape index (κ2) is 3.30. The van der Waals surface area contributed by atoms with Gasteiger partial charge >= 0.3 is 0 Å². The molecule has 1 aliphatic carbocycles. The van der Waals surface area contributed by atoms with Gasteiger partial charge in [-0.15, -0.1) is 0 Å². The lowest BCUT2D eigenvalue weighted by Crippen LogP contribution is -2.31. The molecule has 12 heavy (non-hydrogen) atoms. The molecule has 0 aromatic heterocycles. The van der Waals surface area contributed by atoms with Crippen molar-refractivity contribution in [2.24, 2.45) is 11.3 Å². The molecule has 1 saturated carbocycles. The van der Waals surface area contributed by atoms with Gasteiger partial charge in [0.1, 0.15) is 0 Å². The zero-order valence-corrected chi connectivity index (χ0v) is 9.27. The van der Waals surface area contributed by atoms with Crippen LogP contribution in [0.3, 0.4) is 0 Å². The Morgan fingerprint density at radius 2 is 2.25 bits per heavy atom. The minimum Gasteiger partial charge on any atom is -0.378 e. The molecule has 3 unspecified atom stereocenters. The Bertz CT molecular complexity index is 161. The molecule has 2 rings (SSSR count). The lowest BCUT2D eigenvalue weighted by Gasteiger charge is -2.30. The summed E-state index contributed by atoms with van der Waals surface area (Å²) in [6.45, 7) is 3.34. The minimum atomic E-state index is 0.514. The van der Waals surface area contributed by atoms with Crippen LogP contribution in [-0.4, -0.2) is 18.0 Å². The van der Waals surface area contributed by atoms with Gasteiger partial charge in [-0.25, -0.2) is 0 Å². The molecule has 1 nitrogen and oxygen atoms in total. The molecular weight excluding hydrogens is 216 g/mol. The van der Waals surface area contributed by atoms with E-state index in [0.717, 1.165) is 17.9 Å². The van der Waals surface area contributed by atoms with E-state index in [1.165, 1.54) is 25.7 Å². The standard InChI is InChI=1S/C10H17BrO/c1-8-6-10(8,7-11)9-4-2-3-5-12-9/h8-9H,2-7H2,1H3. The maximum absolute atomic E-state index is 5.84. The third-order valence-corrected chi connectivity index (χ3v) is 4.62. The second-order valence-electron chi connectivity index (χ2n) is 4.33. The average molecular weight is 233 g/mol. The number of ether oxygens (including phenoxy) is 1. The van der Waals surface area contributed by atoms with Crippen molar-refractivity contribution in [2.75, 3.05) is 11.9 Å². The van der Waals surface area contributed by atoms with Crippen LogP contribution in [0.5, 0.6) is 0 Å². The van der Waals surface area contributed by atoms with E-state index in [4.69, 9.17) is 4.74 Å². The summed E-state index contributed by atoms with van der Waals surface area (Å²) in [5.41, 5.74) is 0.514. The SMILES string of the molecule is CC1CC1(CBr)C1CCCCO1. The summed E-state index contributed by atoms with van der Waals surface area (Å²) in [7, 11) is 0.